The fourth-order valence-electron chi connectivity index (χ4n) is 2.74. The maximum atomic E-state index is 6.22. The van der Waals surface area contributed by atoms with Gasteiger partial charge in [0.25, 0.3) is 0 Å². The van der Waals surface area contributed by atoms with E-state index in [1.807, 2.05) is 18.3 Å². The molecule has 1 aliphatic carbocycles. The summed E-state index contributed by atoms with van der Waals surface area (Å²) >= 11 is 0. The molecule has 2 aromatic rings. The Morgan fingerprint density at radius 3 is 2.89 bits per heavy atom. The molecule has 0 bridgehead atoms. The first-order valence-corrected chi connectivity index (χ1v) is 6.57. The monoisotopic (exact) mass is 254 g/mol. The Kier molecular flexibility index (Phi) is 2.82. The third-order valence-corrected chi connectivity index (χ3v) is 3.64. The van der Waals surface area contributed by atoms with Crippen LogP contribution < -0.4 is 5.73 Å². The molecule has 0 aliphatic heterocycles. The standard InChI is InChI=1S/C15H18N4/c1-15(2)6-12(16)11-9-18-14(19-13(11)7-15)10-4-3-5-17-8-10/h3-5,8-9,12H,6-7,16H2,1-2H3/t12-/m1/s1. The molecule has 0 unspecified atom stereocenters. The molecule has 3 rings (SSSR count). The van der Waals surface area contributed by atoms with Crippen LogP contribution in [0.2, 0.25) is 0 Å². The summed E-state index contributed by atoms with van der Waals surface area (Å²) in [6.07, 6.45) is 7.35. The molecule has 19 heavy (non-hydrogen) atoms. The van der Waals surface area contributed by atoms with Crippen molar-refractivity contribution in [1.29, 1.82) is 0 Å². The molecule has 1 aliphatic rings. The van der Waals surface area contributed by atoms with Gasteiger partial charge in [-0.25, -0.2) is 9.97 Å². The minimum absolute atomic E-state index is 0.0432. The van der Waals surface area contributed by atoms with Gasteiger partial charge in [0.1, 0.15) is 0 Å². The number of hydrogen-bond acceptors (Lipinski definition) is 4. The number of pyridine rings is 1. The molecule has 2 N–H and O–H groups in total. The molecule has 0 radical (unpaired) electrons. The summed E-state index contributed by atoms with van der Waals surface area (Å²) < 4.78 is 0. The van der Waals surface area contributed by atoms with Crippen molar-refractivity contribution in [1.82, 2.24) is 15.0 Å². The zero-order chi connectivity index (χ0) is 13.5. The highest BCUT2D eigenvalue weighted by atomic mass is 14.9. The molecule has 0 spiro atoms. The van der Waals surface area contributed by atoms with Crippen LogP contribution in [0.4, 0.5) is 0 Å². The van der Waals surface area contributed by atoms with Crippen molar-refractivity contribution in [2.75, 3.05) is 0 Å². The Hall–Kier alpha value is -1.81. The van der Waals surface area contributed by atoms with Crippen molar-refractivity contribution in [2.24, 2.45) is 11.1 Å². The second-order valence-corrected chi connectivity index (χ2v) is 5.99. The van der Waals surface area contributed by atoms with E-state index in [1.165, 1.54) is 0 Å². The van der Waals surface area contributed by atoms with Gasteiger partial charge in [0.05, 0.1) is 0 Å². The predicted molar refractivity (Wildman–Crippen MR) is 74.3 cm³/mol. The van der Waals surface area contributed by atoms with E-state index >= 15 is 0 Å². The summed E-state index contributed by atoms with van der Waals surface area (Å²) in [4.78, 5) is 13.2. The molecule has 2 heterocycles. The maximum Gasteiger partial charge on any atom is 0.160 e. The summed E-state index contributed by atoms with van der Waals surface area (Å²) in [6, 6.07) is 3.91. The zero-order valence-electron chi connectivity index (χ0n) is 11.3. The summed E-state index contributed by atoms with van der Waals surface area (Å²) in [5, 5.41) is 0. The van der Waals surface area contributed by atoms with Crippen LogP contribution in [-0.4, -0.2) is 15.0 Å². The average molecular weight is 254 g/mol. The van der Waals surface area contributed by atoms with E-state index in [0.717, 1.165) is 35.5 Å². The molecule has 1 atom stereocenters. The zero-order valence-corrected chi connectivity index (χ0v) is 11.3. The van der Waals surface area contributed by atoms with Crippen molar-refractivity contribution in [3.8, 4) is 11.4 Å². The first kappa shape index (κ1) is 12.2. The molecule has 4 nitrogen and oxygen atoms in total. The van der Waals surface area contributed by atoms with Gasteiger partial charge in [0.15, 0.2) is 5.82 Å². The molecule has 98 valence electrons. The lowest BCUT2D eigenvalue weighted by Gasteiger charge is -2.34. The largest absolute Gasteiger partial charge is 0.324 e. The Morgan fingerprint density at radius 2 is 2.16 bits per heavy atom. The quantitative estimate of drug-likeness (QED) is 0.849. The minimum Gasteiger partial charge on any atom is -0.324 e. The van der Waals surface area contributed by atoms with Crippen LogP contribution in [-0.2, 0) is 6.42 Å². The van der Waals surface area contributed by atoms with Crippen molar-refractivity contribution < 1.29 is 0 Å². The molecule has 0 saturated heterocycles. The number of aromatic nitrogens is 3. The molecule has 0 amide bonds. The Labute approximate surface area is 113 Å². The van der Waals surface area contributed by atoms with E-state index in [9.17, 15) is 0 Å². The van der Waals surface area contributed by atoms with Gasteiger partial charge in [-0.3, -0.25) is 4.98 Å². The van der Waals surface area contributed by atoms with E-state index in [1.54, 1.807) is 12.4 Å². The van der Waals surface area contributed by atoms with Crippen LogP contribution in [0, 0.1) is 5.41 Å². The van der Waals surface area contributed by atoms with Gasteiger partial charge in [0, 0.05) is 41.5 Å². The summed E-state index contributed by atoms with van der Waals surface area (Å²) in [7, 11) is 0. The number of nitrogens with zero attached hydrogens (tertiary/aromatic N) is 3. The highest BCUT2D eigenvalue weighted by molar-refractivity contribution is 5.53. The predicted octanol–water partition coefficient (Wildman–Crippen LogP) is 2.51. The number of rotatable bonds is 1. The third kappa shape index (κ3) is 2.36. The Balaban J connectivity index is 2.05. The van der Waals surface area contributed by atoms with Crippen molar-refractivity contribution in [2.45, 2.75) is 32.7 Å². The maximum absolute atomic E-state index is 6.22. The van der Waals surface area contributed by atoms with Crippen LogP contribution in [0.25, 0.3) is 11.4 Å². The smallest absolute Gasteiger partial charge is 0.160 e. The second-order valence-electron chi connectivity index (χ2n) is 5.99. The lowest BCUT2D eigenvalue weighted by Crippen LogP contribution is -2.30. The normalized spacial score (nSPS) is 20.9. The Morgan fingerprint density at radius 1 is 1.32 bits per heavy atom. The van der Waals surface area contributed by atoms with E-state index in [0.29, 0.717) is 0 Å². The van der Waals surface area contributed by atoms with Crippen LogP contribution in [0.15, 0.2) is 30.7 Å². The first-order chi connectivity index (χ1) is 9.05. The van der Waals surface area contributed by atoms with Gasteiger partial charge in [-0.05, 0) is 30.4 Å². The lowest BCUT2D eigenvalue weighted by atomic mass is 9.74. The van der Waals surface area contributed by atoms with E-state index < -0.39 is 0 Å². The topological polar surface area (TPSA) is 64.7 Å². The molecule has 0 saturated carbocycles. The van der Waals surface area contributed by atoms with E-state index in [4.69, 9.17) is 10.7 Å². The van der Waals surface area contributed by atoms with Crippen LogP contribution in [0.1, 0.15) is 37.6 Å². The van der Waals surface area contributed by atoms with E-state index in [2.05, 4.69) is 23.8 Å². The molecule has 4 heteroatoms. The van der Waals surface area contributed by atoms with Gasteiger partial charge in [0.2, 0.25) is 0 Å². The van der Waals surface area contributed by atoms with E-state index in [-0.39, 0.29) is 11.5 Å². The minimum atomic E-state index is 0.0432. The highest BCUT2D eigenvalue weighted by Crippen LogP contribution is 2.38. The molecular formula is C15H18N4. The molecule has 0 aromatic carbocycles. The number of nitrogens with two attached hydrogens (primary N) is 1. The fraction of sp³-hybridized carbons (Fsp3) is 0.400. The number of hydrogen-bond donors (Lipinski definition) is 1. The third-order valence-electron chi connectivity index (χ3n) is 3.64. The highest BCUT2D eigenvalue weighted by Gasteiger charge is 2.31. The molecular weight excluding hydrogens is 236 g/mol. The summed E-state index contributed by atoms with van der Waals surface area (Å²) in [6.45, 7) is 4.48. The first-order valence-electron chi connectivity index (χ1n) is 6.57. The molecule has 0 fully saturated rings. The van der Waals surface area contributed by atoms with Gasteiger partial charge >= 0.3 is 0 Å². The van der Waals surface area contributed by atoms with Crippen LogP contribution in [0.5, 0.6) is 0 Å². The fourth-order valence-corrected chi connectivity index (χ4v) is 2.74. The SMILES string of the molecule is CC1(C)Cc2nc(-c3cccnc3)ncc2[C@H](N)C1. The van der Waals surface area contributed by atoms with Gasteiger partial charge in [-0.1, -0.05) is 13.8 Å². The van der Waals surface area contributed by atoms with Crippen molar-refractivity contribution in [3.63, 3.8) is 0 Å². The Bertz CT molecular complexity index is 592. The molecule has 2 aromatic heterocycles. The van der Waals surface area contributed by atoms with Crippen molar-refractivity contribution >= 4 is 0 Å². The van der Waals surface area contributed by atoms with Gasteiger partial charge in [-0.15, -0.1) is 0 Å². The summed E-state index contributed by atoms with van der Waals surface area (Å²) in [5.41, 5.74) is 9.54. The van der Waals surface area contributed by atoms with Gasteiger partial charge in [-0.2, -0.15) is 0 Å². The average Bonchev–Trinajstić information content (AvgIpc) is 2.37. The second kappa shape index (κ2) is 4.38. The van der Waals surface area contributed by atoms with Crippen molar-refractivity contribution in [3.05, 3.63) is 42.0 Å². The van der Waals surface area contributed by atoms with Gasteiger partial charge < -0.3 is 5.73 Å². The number of fused-ring (bicyclic) bond motifs is 1. The van der Waals surface area contributed by atoms with Crippen LogP contribution >= 0.6 is 0 Å². The lowest BCUT2D eigenvalue weighted by molar-refractivity contribution is 0.278. The van der Waals surface area contributed by atoms with Crippen LogP contribution in [0.3, 0.4) is 0 Å². The summed E-state index contributed by atoms with van der Waals surface area (Å²) in [5.74, 6) is 0.733.